The van der Waals surface area contributed by atoms with Crippen molar-refractivity contribution in [2.45, 2.75) is 6.42 Å². The van der Waals surface area contributed by atoms with E-state index in [0.29, 0.717) is 6.01 Å². The molecule has 18 heavy (non-hydrogen) atoms. The topological polar surface area (TPSA) is 37.9 Å². The molecule has 1 radical (unpaired) electrons. The minimum Gasteiger partial charge on any atom is -0.426 e. The summed E-state index contributed by atoms with van der Waals surface area (Å²) in [5.41, 5.74) is 3.07. The molecule has 0 aliphatic heterocycles. The van der Waals surface area contributed by atoms with Crippen molar-refractivity contribution in [1.29, 1.82) is 0 Å². The minimum atomic E-state index is 0.513. The van der Waals surface area contributed by atoms with Gasteiger partial charge >= 0.3 is 0 Å². The van der Waals surface area contributed by atoms with Crippen molar-refractivity contribution < 1.29 is 4.74 Å². The summed E-state index contributed by atoms with van der Waals surface area (Å²) in [5.74, 6) is 0.770. The van der Waals surface area contributed by atoms with Crippen LogP contribution in [-0.2, 0) is 6.42 Å². The first-order valence-corrected chi connectivity index (χ1v) is 5.86. The second-order valence-corrected chi connectivity index (χ2v) is 4.06. The molecule has 1 heterocycles. The lowest BCUT2D eigenvalue weighted by Crippen LogP contribution is -1.86. The Morgan fingerprint density at radius 2 is 1.83 bits per heavy atom. The molecule has 0 spiro atoms. The number of hydrogen-bond donors (Lipinski definition) is 1. The van der Waals surface area contributed by atoms with Crippen LogP contribution in [0, 0.1) is 6.92 Å². The van der Waals surface area contributed by atoms with Crippen LogP contribution in [0.1, 0.15) is 5.56 Å². The van der Waals surface area contributed by atoms with E-state index >= 15 is 0 Å². The molecule has 3 aromatic rings. The Hall–Kier alpha value is -2.29. The number of fused-ring (bicyclic) bond motifs is 1. The molecule has 0 aliphatic carbocycles. The third-order valence-electron chi connectivity index (χ3n) is 2.79. The number of imidazole rings is 1. The fraction of sp³-hybridized carbons (Fsp3) is 0.0667. The number of aromatic nitrogens is 2. The highest BCUT2D eigenvalue weighted by Gasteiger charge is 2.03. The van der Waals surface area contributed by atoms with Crippen molar-refractivity contribution in [1.82, 2.24) is 9.97 Å². The van der Waals surface area contributed by atoms with Crippen LogP contribution in [0.5, 0.6) is 11.8 Å². The number of hydrogen-bond acceptors (Lipinski definition) is 2. The summed E-state index contributed by atoms with van der Waals surface area (Å²) in [6.45, 7) is 3.84. The summed E-state index contributed by atoms with van der Waals surface area (Å²) >= 11 is 0. The maximum Gasteiger partial charge on any atom is 0.300 e. The van der Waals surface area contributed by atoms with E-state index in [9.17, 15) is 0 Å². The SMILES string of the molecule is [CH2]Cc1ccc(Oc2nc3ccccc3[nH]2)cc1. The first-order valence-electron chi connectivity index (χ1n) is 5.86. The van der Waals surface area contributed by atoms with E-state index in [-0.39, 0.29) is 0 Å². The van der Waals surface area contributed by atoms with Crippen LogP contribution in [-0.4, -0.2) is 9.97 Å². The molecule has 0 bridgehead atoms. The molecule has 89 valence electrons. The molecule has 0 saturated heterocycles. The summed E-state index contributed by atoms with van der Waals surface area (Å²) in [5, 5.41) is 0. The van der Waals surface area contributed by atoms with Crippen LogP contribution >= 0.6 is 0 Å². The first kappa shape index (κ1) is 10.8. The lowest BCUT2D eigenvalue weighted by Gasteiger charge is -2.02. The highest BCUT2D eigenvalue weighted by molar-refractivity contribution is 5.75. The Balaban J connectivity index is 1.86. The third-order valence-corrected chi connectivity index (χ3v) is 2.79. The standard InChI is InChI=1S/C15H13N2O/c1-2-11-7-9-12(10-8-11)18-15-16-13-5-3-4-6-14(13)17-15/h3-10H,1-2H2,(H,16,17). The van der Waals surface area contributed by atoms with Crippen LogP contribution in [0.2, 0.25) is 0 Å². The zero-order chi connectivity index (χ0) is 12.4. The first-order chi connectivity index (χ1) is 8.85. The van der Waals surface area contributed by atoms with Crippen molar-refractivity contribution >= 4 is 11.0 Å². The van der Waals surface area contributed by atoms with E-state index in [1.807, 2.05) is 48.5 Å². The highest BCUT2D eigenvalue weighted by atomic mass is 16.5. The Bertz CT molecular complexity index is 623. The Morgan fingerprint density at radius 3 is 2.56 bits per heavy atom. The van der Waals surface area contributed by atoms with E-state index in [4.69, 9.17) is 4.74 Å². The Morgan fingerprint density at radius 1 is 1.06 bits per heavy atom. The fourth-order valence-corrected chi connectivity index (χ4v) is 1.81. The van der Waals surface area contributed by atoms with Gasteiger partial charge in [0.25, 0.3) is 6.01 Å². The number of nitrogens with zero attached hydrogens (tertiary/aromatic N) is 1. The Labute approximate surface area is 105 Å². The summed E-state index contributed by atoms with van der Waals surface area (Å²) in [6, 6.07) is 16.2. The van der Waals surface area contributed by atoms with Gasteiger partial charge in [-0.1, -0.05) is 24.3 Å². The molecule has 0 fully saturated rings. The van der Waals surface area contributed by atoms with Crippen LogP contribution in [0.15, 0.2) is 48.5 Å². The van der Waals surface area contributed by atoms with Crippen LogP contribution in [0.3, 0.4) is 0 Å². The van der Waals surface area contributed by atoms with E-state index in [2.05, 4.69) is 16.9 Å². The summed E-state index contributed by atoms with van der Waals surface area (Å²) in [7, 11) is 0. The minimum absolute atomic E-state index is 0.513. The molecule has 1 aromatic heterocycles. The molecule has 2 aromatic carbocycles. The van der Waals surface area contributed by atoms with Gasteiger partial charge in [0, 0.05) is 0 Å². The molecule has 0 amide bonds. The number of ether oxygens (including phenoxy) is 1. The second-order valence-electron chi connectivity index (χ2n) is 4.06. The molecule has 1 N–H and O–H groups in total. The number of rotatable bonds is 3. The van der Waals surface area contributed by atoms with Crippen molar-refractivity contribution in [2.75, 3.05) is 0 Å². The Kier molecular flexibility index (Phi) is 2.73. The number of H-pyrrole nitrogens is 1. The zero-order valence-corrected chi connectivity index (χ0v) is 9.89. The number of aromatic amines is 1. The highest BCUT2D eigenvalue weighted by Crippen LogP contribution is 2.22. The van der Waals surface area contributed by atoms with Crippen LogP contribution < -0.4 is 4.74 Å². The summed E-state index contributed by atoms with van der Waals surface area (Å²) in [6.07, 6.45) is 0.783. The lowest BCUT2D eigenvalue weighted by molar-refractivity contribution is 0.449. The fourth-order valence-electron chi connectivity index (χ4n) is 1.81. The zero-order valence-electron chi connectivity index (χ0n) is 9.89. The maximum atomic E-state index is 5.68. The molecule has 3 nitrogen and oxygen atoms in total. The maximum absolute atomic E-state index is 5.68. The molecule has 0 saturated carbocycles. The van der Waals surface area contributed by atoms with Gasteiger partial charge in [-0.2, -0.15) is 4.98 Å². The monoisotopic (exact) mass is 237 g/mol. The van der Waals surface area contributed by atoms with Gasteiger partial charge in [0.15, 0.2) is 0 Å². The van der Waals surface area contributed by atoms with Crippen molar-refractivity contribution in [3.8, 4) is 11.8 Å². The number of nitrogens with one attached hydrogen (secondary N) is 1. The molecule has 0 unspecified atom stereocenters. The smallest absolute Gasteiger partial charge is 0.300 e. The van der Waals surface area contributed by atoms with Crippen LogP contribution in [0.25, 0.3) is 11.0 Å². The lowest BCUT2D eigenvalue weighted by atomic mass is 10.2. The molecular weight excluding hydrogens is 224 g/mol. The third kappa shape index (κ3) is 2.07. The average molecular weight is 237 g/mol. The molecule has 3 rings (SSSR count). The predicted octanol–water partition coefficient (Wildman–Crippen LogP) is 3.73. The number of para-hydroxylation sites is 2. The summed E-state index contributed by atoms with van der Waals surface area (Å²) in [4.78, 5) is 7.49. The van der Waals surface area contributed by atoms with Crippen molar-refractivity contribution in [3.05, 3.63) is 61.0 Å². The van der Waals surface area contributed by atoms with Crippen molar-refractivity contribution in [2.24, 2.45) is 0 Å². The average Bonchev–Trinajstić information content (AvgIpc) is 2.82. The van der Waals surface area contributed by atoms with Gasteiger partial charge < -0.3 is 9.72 Å². The molecule has 0 atom stereocenters. The van der Waals surface area contributed by atoms with E-state index in [1.165, 1.54) is 5.56 Å². The van der Waals surface area contributed by atoms with Gasteiger partial charge in [0.1, 0.15) is 5.75 Å². The molecule has 0 aliphatic rings. The van der Waals surface area contributed by atoms with Gasteiger partial charge in [-0.3, -0.25) is 0 Å². The van der Waals surface area contributed by atoms with Gasteiger partial charge in [0.2, 0.25) is 0 Å². The van der Waals surface area contributed by atoms with Gasteiger partial charge in [-0.05, 0) is 43.2 Å². The van der Waals surface area contributed by atoms with Crippen molar-refractivity contribution in [3.63, 3.8) is 0 Å². The van der Waals surface area contributed by atoms with Gasteiger partial charge in [0.05, 0.1) is 11.0 Å². The molecular formula is C15H13N2O. The number of benzene rings is 2. The van der Waals surface area contributed by atoms with E-state index in [1.54, 1.807) is 0 Å². The normalized spacial score (nSPS) is 10.7. The largest absolute Gasteiger partial charge is 0.426 e. The van der Waals surface area contributed by atoms with Crippen LogP contribution in [0.4, 0.5) is 0 Å². The summed E-state index contributed by atoms with van der Waals surface area (Å²) < 4.78 is 5.68. The predicted molar refractivity (Wildman–Crippen MR) is 71.7 cm³/mol. The van der Waals surface area contributed by atoms with Gasteiger partial charge in [-0.15, -0.1) is 0 Å². The van der Waals surface area contributed by atoms with Gasteiger partial charge in [-0.25, -0.2) is 0 Å². The molecule has 3 heteroatoms. The van der Waals surface area contributed by atoms with E-state index in [0.717, 1.165) is 23.2 Å². The second kappa shape index (κ2) is 4.53. The quantitative estimate of drug-likeness (QED) is 0.753. The van der Waals surface area contributed by atoms with E-state index < -0.39 is 0 Å².